The zero-order valence-corrected chi connectivity index (χ0v) is 17.0. The molecular formula is C20H21Cl3O4. The Morgan fingerprint density at radius 1 is 1.04 bits per heavy atom. The SMILES string of the molecule is COc1ccc([C@H](O)CC(=O)C[C@H](OCc2ccccc2)C(Cl)(Cl)Cl)cc1. The maximum atomic E-state index is 12.4. The predicted octanol–water partition coefficient (Wildman–Crippen LogP) is 5.03. The van der Waals surface area contributed by atoms with Crippen LogP contribution in [0.5, 0.6) is 5.75 Å². The van der Waals surface area contributed by atoms with Crippen LogP contribution in [0.15, 0.2) is 54.6 Å². The van der Waals surface area contributed by atoms with Gasteiger partial charge in [-0.1, -0.05) is 77.3 Å². The van der Waals surface area contributed by atoms with Crippen LogP contribution in [-0.4, -0.2) is 27.9 Å². The van der Waals surface area contributed by atoms with Crippen LogP contribution in [0.1, 0.15) is 30.1 Å². The molecule has 1 N–H and O–H groups in total. The van der Waals surface area contributed by atoms with E-state index in [-0.39, 0.29) is 25.2 Å². The van der Waals surface area contributed by atoms with Crippen LogP contribution in [0.25, 0.3) is 0 Å². The van der Waals surface area contributed by atoms with E-state index < -0.39 is 16.0 Å². The molecule has 2 aromatic rings. The number of aliphatic hydroxyl groups is 1. The zero-order valence-electron chi connectivity index (χ0n) is 14.8. The van der Waals surface area contributed by atoms with Gasteiger partial charge in [0.1, 0.15) is 17.6 Å². The molecule has 0 spiro atoms. The number of aliphatic hydroxyl groups excluding tert-OH is 1. The number of rotatable bonds is 9. The van der Waals surface area contributed by atoms with Gasteiger partial charge in [0.15, 0.2) is 0 Å². The van der Waals surface area contributed by atoms with E-state index in [4.69, 9.17) is 44.3 Å². The fourth-order valence-corrected chi connectivity index (χ4v) is 2.91. The Bertz CT molecular complexity index is 714. The average molecular weight is 432 g/mol. The topological polar surface area (TPSA) is 55.8 Å². The first-order valence-electron chi connectivity index (χ1n) is 8.35. The van der Waals surface area contributed by atoms with Crippen molar-refractivity contribution in [3.8, 4) is 5.75 Å². The Morgan fingerprint density at radius 3 is 2.22 bits per heavy atom. The molecule has 4 nitrogen and oxygen atoms in total. The van der Waals surface area contributed by atoms with Crippen LogP contribution >= 0.6 is 34.8 Å². The van der Waals surface area contributed by atoms with Crippen LogP contribution in [0.4, 0.5) is 0 Å². The van der Waals surface area contributed by atoms with Gasteiger partial charge < -0.3 is 14.6 Å². The minimum atomic E-state index is -1.75. The van der Waals surface area contributed by atoms with Gasteiger partial charge in [-0.3, -0.25) is 4.79 Å². The summed E-state index contributed by atoms with van der Waals surface area (Å²) in [6, 6.07) is 16.2. The number of alkyl halides is 3. The van der Waals surface area contributed by atoms with Crippen LogP contribution in [-0.2, 0) is 16.1 Å². The molecule has 0 aliphatic rings. The van der Waals surface area contributed by atoms with Crippen molar-refractivity contribution in [3.63, 3.8) is 0 Å². The number of hydrogen-bond acceptors (Lipinski definition) is 4. The summed E-state index contributed by atoms with van der Waals surface area (Å²) in [5.74, 6) is 0.408. The molecule has 7 heteroatoms. The largest absolute Gasteiger partial charge is 0.497 e. The Balaban J connectivity index is 1.94. The summed E-state index contributed by atoms with van der Waals surface area (Å²) in [6.45, 7) is 0.216. The lowest BCUT2D eigenvalue weighted by atomic mass is 10.0. The number of carbonyl (C=O) groups is 1. The van der Waals surface area contributed by atoms with Crippen molar-refractivity contribution < 1.29 is 19.4 Å². The number of halogens is 3. The fourth-order valence-electron chi connectivity index (χ4n) is 2.49. The Morgan fingerprint density at radius 2 is 1.67 bits per heavy atom. The van der Waals surface area contributed by atoms with E-state index >= 15 is 0 Å². The number of carbonyl (C=O) groups excluding carboxylic acids is 1. The first-order valence-corrected chi connectivity index (χ1v) is 9.49. The van der Waals surface area contributed by atoms with E-state index in [9.17, 15) is 9.90 Å². The minimum Gasteiger partial charge on any atom is -0.497 e. The van der Waals surface area contributed by atoms with Gasteiger partial charge in [0.2, 0.25) is 3.79 Å². The van der Waals surface area contributed by atoms with E-state index in [0.29, 0.717) is 11.3 Å². The monoisotopic (exact) mass is 430 g/mol. The van der Waals surface area contributed by atoms with Crippen molar-refractivity contribution in [3.05, 3.63) is 65.7 Å². The molecule has 0 aliphatic heterocycles. The van der Waals surface area contributed by atoms with E-state index in [1.165, 1.54) is 0 Å². The second-order valence-electron chi connectivity index (χ2n) is 6.06. The molecule has 0 aliphatic carbocycles. The number of ketones is 1. The highest BCUT2D eigenvalue weighted by atomic mass is 35.6. The third-order valence-electron chi connectivity index (χ3n) is 3.99. The standard InChI is InChI=1S/C20H21Cl3O4/c1-26-17-9-7-15(8-10-17)18(25)11-16(24)12-19(20(21,22)23)27-13-14-5-3-2-4-6-14/h2-10,18-19,25H,11-13H2,1H3/t18-,19+/m1/s1. The summed E-state index contributed by atoms with van der Waals surface area (Å²) in [5, 5.41) is 10.3. The van der Waals surface area contributed by atoms with Gasteiger partial charge in [-0.25, -0.2) is 0 Å². The molecule has 0 bridgehead atoms. The van der Waals surface area contributed by atoms with Crippen LogP contribution < -0.4 is 4.74 Å². The second kappa shape index (κ2) is 10.3. The smallest absolute Gasteiger partial charge is 0.216 e. The molecule has 0 unspecified atom stereocenters. The Labute approximate surface area is 174 Å². The van der Waals surface area contributed by atoms with Crippen molar-refractivity contribution in [1.29, 1.82) is 0 Å². The lowest BCUT2D eigenvalue weighted by molar-refractivity contribution is -0.124. The molecule has 27 heavy (non-hydrogen) atoms. The molecular weight excluding hydrogens is 411 g/mol. The highest BCUT2D eigenvalue weighted by Crippen LogP contribution is 2.35. The van der Waals surface area contributed by atoms with E-state index in [1.807, 2.05) is 30.3 Å². The highest BCUT2D eigenvalue weighted by molar-refractivity contribution is 6.68. The van der Waals surface area contributed by atoms with Gasteiger partial charge in [0.05, 0.1) is 19.8 Å². The van der Waals surface area contributed by atoms with E-state index in [2.05, 4.69) is 0 Å². The highest BCUT2D eigenvalue weighted by Gasteiger charge is 2.35. The predicted molar refractivity (Wildman–Crippen MR) is 108 cm³/mol. The molecule has 0 fully saturated rings. The van der Waals surface area contributed by atoms with Gasteiger partial charge in [0.25, 0.3) is 0 Å². The number of methoxy groups -OCH3 is 1. The normalized spacial score (nSPS) is 13.8. The Kier molecular flexibility index (Phi) is 8.39. The van der Waals surface area contributed by atoms with Crippen molar-refractivity contribution in [1.82, 2.24) is 0 Å². The molecule has 0 aromatic heterocycles. The van der Waals surface area contributed by atoms with E-state index in [0.717, 1.165) is 5.56 Å². The maximum absolute atomic E-state index is 12.4. The fraction of sp³-hybridized carbons (Fsp3) is 0.350. The molecule has 0 heterocycles. The quantitative estimate of drug-likeness (QED) is 0.566. The molecule has 2 atom stereocenters. The van der Waals surface area contributed by atoms with Crippen molar-refractivity contribution >= 4 is 40.6 Å². The van der Waals surface area contributed by atoms with Crippen molar-refractivity contribution in [2.75, 3.05) is 7.11 Å². The summed E-state index contributed by atoms with van der Waals surface area (Å²) >= 11 is 17.9. The number of Topliss-reactive ketones (excluding diaryl/α,β-unsaturated/α-hetero) is 1. The summed E-state index contributed by atoms with van der Waals surface area (Å²) in [5.41, 5.74) is 1.52. The molecule has 2 rings (SSSR count). The zero-order chi connectivity index (χ0) is 19.9. The van der Waals surface area contributed by atoms with Gasteiger partial charge in [-0.05, 0) is 23.3 Å². The van der Waals surface area contributed by atoms with Gasteiger partial charge in [0, 0.05) is 12.8 Å². The lowest BCUT2D eigenvalue weighted by Gasteiger charge is -2.24. The summed E-state index contributed by atoms with van der Waals surface area (Å²) in [4.78, 5) is 12.4. The number of ether oxygens (including phenoxy) is 2. The molecule has 0 amide bonds. The summed E-state index contributed by atoms with van der Waals surface area (Å²) in [6.07, 6.45) is -2.08. The third-order valence-corrected chi connectivity index (χ3v) is 4.72. The van der Waals surface area contributed by atoms with Crippen molar-refractivity contribution in [2.24, 2.45) is 0 Å². The molecule has 0 saturated heterocycles. The Hall–Kier alpha value is -1.30. The van der Waals surface area contributed by atoms with E-state index in [1.54, 1.807) is 31.4 Å². The number of hydrogen-bond donors (Lipinski definition) is 1. The summed E-state index contributed by atoms with van der Waals surface area (Å²) < 4.78 is 8.99. The summed E-state index contributed by atoms with van der Waals surface area (Å²) in [7, 11) is 1.56. The van der Waals surface area contributed by atoms with Crippen molar-refractivity contribution in [2.45, 2.75) is 35.4 Å². The first-order chi connectivity index (χ1) is 12.8. The first kappa shape index (κ1) is 22.0. The van der Waals surface area contributed by atoms with Crippen LogP contribution in [0.2, 0.25) is 0 Å². The minimum absolute atomic E-state index is 0.0989. The van der Waals surface area contributed by atoms with Crippen LogP contribution in [0.3, 0.4) is 0 Å². The molecule has 0 radical (unpaired) electrons. The second-order valence-corrected chi connectivity index (χ2v) is 8.43. The third kappa shape index (κ3) is 7.32. The van der Waals surface area contributed by atoms with Gasteiger partial charge in [-0.2, -0.15) is 0 Å². The lowest BCUT2D eigenvalue weighted by Crippen LogP contribution is -2.31. The van der Waals surface area contributed by atoms with Gasteiger partial charge in [-0.15, -0.1) is 0 Å². The number of benzene rings is 2. The molecule has 0 saturated carbocycles. The molecule has 2 aromatic carbocycles. The molecule has 146 valence electrons. The average Bonchev–Trinajstić information content (AvgIpc) is 2.65. The van der Waals surface area contributed by atoms with Crippen LogP contribution in [0, 0.1) is 0 Å². The maximum Gasteiger partial charge on any atom is 0.216 e. The van der Waals surface area contributed by atoms with Gasteiger partial charge >= 0.3 is 0 Å².